The number of halogens is 2. The van der Waals surface area contributed by atoms with Crippen LogP contribution in [0.15, 0.2) is 34.1 Å². The van der Waals surface area contributed by atoms with Crippen LogP contribution < -0.4 is 10.1 Å². The van der Waals surface area contributed by atoms with Crippen molar-refractivity contribution in [1.82, 2.24) is 10.2 Å². The van der Waals surface area contributed by atoms with Crippen molar-refractivity contribution in [3.63, 3.8) is 0 Å². The number of hydrogen-bond acceptors (Lipinski definition) is 5. The molecule has 9 heteroatoms. The molecule has 1 N–H and O–H groups in total. The van der Waals surface area contributed by atoms with E-state index in [1.165, 1.54) is 30.6 Å². The van der Waals surface area contributed by atoms with Gasteiger partial charge in [-0.05, 0) is 53.2 Å². The Morgan fingerprint density at radius 3 is 2.65 bits per heavy atom. The molecule has 0 bridgehead atoms. The standard InChI is InChI=1S/C17H14BrFN2O4S/c1-17(13-5-6-14(18)26-13)15(23)21(16(24)20-17)8-11(22)9-3-4-12(25-2)10(19)7-9/h3-7H,8H2,1-2H3,(H,20,24). The van der Waals surface area contributed by atoms with Gasteiger partial charge in [0.05, 0.1) is 17.4 Å². The van der Waals surface area contributed by atoms with Crippen molar-refractivity contribution in [2.45, 2.75) is 12.5 Å². The molecule has 136 valence electrons. The minimum absolute atomic E-state index is 0.00684. The number of rotatable bonds is 5. The molecular formula is C17H14BrFN2O4S. The number of ketones is 1. The van der Waals surface area contributed by atoms with Crippen LogP contribution in [0.5, 0.6) is 5.75 Å². The van der Waals surface area contributed by atoms with Gasteiger partial charge in [0.2, 0.25) is 0 Å². The maximum atomic E-state index is 13.8. The highest BCUT2D eigenvalue weighted by atomic mass is 79.9. The number of benzene rings is 1. The Balaban J connectivity index is 1.82. The molecule has 6 nitrogen and oxygen atoms in total. The molecule has 3 amide bonds. The average Bonchev–Trinajstić information content (AvgIpc) is 3.13. The summed E-state index contributed by atoms with van der Waals surface area (Å²) >= 11 is 4.64. The third kappa shape index (κ3) is 3.12. The van der Waals surface area contributed by atoms with E-state index in [2.05, 4.69) is 21.2 Å². The third-order valence-corrected chi connectivity index (χ3v) is 5.96. The minimum Gasteiger partial charge on any atom is -0.494 e. The summed E-state index contributed by atoms with van der Waals surface area (Å²) in [4.78, 5) is 38.9. The van der Waals surface area contributed by atoms with Gasteiger partial charge in [-0.15, -0.1) is 11.3 Å². The lowest BCUT2D eigenvalue weighted by Crippen LogP contribution is -2.40. The summed E-state index contributed by atoms with van der Waals surface area (Å²) in [7, 11) is 1.32. The average molecular weight is 441 g/mol. The van der Waals surface area contributed by atoms with Gasteiger partial charge in [-0.3, -0.25) is 14.5 Å². The van der Waals surface area contributed by atoms with Crippen LogP contribution in [-0.2, 0) is 10.3 Å². The van der Waals surface area contributed by atoms with E-state index >= 15 is 0 Å². The Bertz CT molecular complexity index is 916. The van der Waals surface area contributed by atoms with Crippen molar-refractivity contribution < 1.29 is 23.5 Å². The first kappa shape index (κ1) is 18.5. The van der Waals surface area contributed by atoms with Crippen molar-refractivity contribution in [2.75, 3.05) is 13.7 Å². The minimum atomic E-state index is -1.24. The Labute approximate surface area is 161 Å². The first-order valence-corrected chi connectivity index (χ1v) is 9.14. The van der Waals surface area contributed by atoms with Gasteiger partial charge in [0.15, 0.2) is 22.9 Å². The summed E-state index contributed by atoms with van der Waals surface area (Å²) in [5.41, 5.74) is -1.18. The van der Waals surface area contributed by atoms with Crippen LogP contribution in [0, 0.1) is 5.82 Å². The van der Waals surface area contributed by atoms with Crippen LogP contribution in [0.1, 0.15) is 22.2 Å². The van der Waals surface area contributed by atoms with Gasteiger partial charge in [0.1, 0.15) is 0 Å². The number of methoxy groups -OCH3 is 1. The molecule has 1 aromatic carbocycles. The van der Waals surface area contributed by atoms with Crippen LogP contribution >= 0.6 is 27.3 Å². The molecule has 0 aliphatic carbocycles. The number of ether oxygens (including phenoxy) is 1. The Morgan fingerprint density at radius 2 is 2.08 bits per heavy atom. The number of carbonyl (C=O) groups is 3. The quantitative estimate of drug-likeness (QED) is 0.571. The van der Waals surface area contributed by atoms with Crippen molar-refractivity contribution in [2.24, 2.45) is 0 Å². The molecule has 2 heterocycles. The number of urea groups is 1. The van der Waals surface area contributed by atoms with E-state index in [-0.39, 0.29) is 11.3 Å². The third-order valence-electron chi connectivity index (χ3n) is 4.12. The lowest BCUT2D eigenvalue weighted by Gasteiger charge is -2.19. The van der Waals surface area contributed by atoms with Crippen molar-refractivity contribution in [3.05, 3.63) is 50.4 Å². The topological polar surface area (TPSA) is 75.7 Å². The molecule has 1 fully saturated rings. The molecule has 1 aliphatic rings. The second-order valence-corrected chi connectivity index (χ2v) is 8.29. The SMILES string of the molecule is COc1ccc(C(=O)CN2C(=O)NC(C)(c3ccc(Br)s3)C2=O)cc1F. The summed E-state index contributed by atoms with van der Waals surface area (Å²) in [5.74, 6) is -1.76. The van der Waals surface area contributed by atoms with Crippen molar-refractivity contribution in [1.29, 1.82) is 0 Å². The van der Waals surface area contributed by atoms with Crippen molar-refractivity contribution in [3.8, 4) is 5.75 Å². The molecule has 1 atom stereocenters. The monoisotopic (exact) mass is 440 g/mol. The van der Waals surface area contributed by atoms with E-state index in [0.717, 1.165) is 14.8 Å². The fraction of sp³-hybridized carbons (Fsp3) is 0.235. The van der Waals surface area contributed by atoms with Gasteiger partial charge >= 0.3 is 6.03 Å². The van der Waals surface area contributed by atoms with E-state index in [9.17, 15) is 18.8 Å². The second-order valence-electron chi connectivity index (χ2n) is 5.82. The summed E-state index contributed by atoms with van der Waals surface area (Å²) < 4.78 is 19.4. The van der Waals surface area contributed by atoms with Crippen LogP contribution in [0.25, 0.3) is 0 Å². The van der Waals surface area contributed by atoms with Gasteiger partial charge in [0, 0.05) is 10.4 Å². The van der Waals surface area contributed by atoms with Gasteiger partial charge < -0.3 is 10.1 Å². The Morgan fingerprint density at radius 1 is 1.35 bits per heavy atom. The zero-order valence-electron chi connectivity index (χ0n) is 13.8. The molecule has 2 aromatic rings. The molecular weight excluding hydrogens is 427 g/mol. The zero-order chi connectivity index (χ0) is 19.1. The van der Waals surface area contributed by atoms with E-state index in [0.29, 0.717) is 4.88 Å². The number of amides is 3. The summed E-state index contributed by atoms with van der Waals surface area (Å²) in [6.07, 6.45) is 0. The van der Waals surface area contributed by atoms with E-state index < -0.39 is 35.6 Å². The van der Waals surface area contributed by atoms with Gasteiger partial charge in [0.25, 0.3) is 5.91 Å². The smallest absolute Gasteiger partial charge is 0.325 e. The fourth-order valence-corrected chi connectivity index (χ4v) is 4.15. The molecule has 1 saturated heterocycles. The maximum absolute atomic E-state index is 13.8. The van der Waals surface area contributed by atoms with Crippen LogP contribution in [0.2, 0.25) is 0 Å². The van der Waals surface area contributed by atoms with E-state index in [1.54, 1.807) is 19.1 Å². The van der Waals surface area contributed by atoms with Crippen molar-refractivity contribution >= 4 is 45.0 Å². The Kier molecular flexibility index (Phi) is 4.85. The largest absolute Gasteiger partial charge is 0.494 e. The summed E-state index contributed by atoms with van der Waals surface area (Å²) in [6, 6.07) is 6.58. The second kappa shape index (κ2) is 6.81. The van der Waals surface area contributed by atoms with Gasteiger partial charge in [-0.25, -0.2) is 9.18 Å². The number of nitrogens with one attached hydrogen (secondary N) is 1. The van der Waals surface area contributed by atoms with E-state index in [4.69, 9.17) is 4.74 Å². The molecule has 0 spiro atoms. The highest BCUT2D eigenvalue weighted by Crippen LogP contribution is 2.35. The van der Waals surface area contributed by atoms with Crippen LogP contribution in [-0.4, -0.2) is 36.3 Å². The summed E-state index contributed by atoms with van der Waals surface area (Å²) in [5, 5.41) is 2.63. The number of carbonyl (C=O) groups excluding carboxylic acids is 3. The first-order chi connectivity index (χ1) is 12.3. The predicted molar refractivity (Wildman–Crippen MR) is 96.9 cm³/mol. The number of Topliss-reactive ketones (excluding diaryl/α,β-unsaturated/α-hetero) is 1. The molecule has 26 heavy (non-hydrogen) atoms. The zero-order valence-corrected chi connectivity index (χ0v) is 16.2. The molecule has 1 aliphatic heterocycles. The predicted octanol–water partition coefficient (Wildman–Crippen LogP) is 3.31. The molecule has 1 unspecified atom stereocenters. The number of thiophene rings is 1. The molecule has 0 radical (unpaired) electrons. The normalized spacial score (nSPS) is 19.6. The maximum Gasteiger partial charge on any atom is 0.325 e. The van der Waals surface area contributed by atoms with Crippen LogP contribution in [0.4, 0.5) is 9.18 Å². The van der Waals surface area contributed by atoms with E-state index in [1.807, 2.05) is 0 Å². The fourth-order valence-electron chi connectivity index (χ4n) is 2.67. The number of hydrogen-bond donors (Lipinski definition) is 1. The number of nitrogens with zero attached hydrogens (tertiary/aromatic N) is 1. The molecule has 0 saturated carbocycles. The van der Waals surface area contributed by atoms with Gasteiger partial charge in [-0.2, -0.15) is 0 Å². The van der Waals surface area contributed by atoms with Crippen LogP contribution in [0.3, 0.4) is 0 Å². The lowest BCUT2D eigenvalue weighted by atomic mass is 10.0. The summed E-state index contributed by atoms with van der Waals surface area (Å²) in [6.45, 7) is 1.11. The van der Waals surface area contributed by atoms with Gasteiger partial charge in [-0.1, -0.05) is 0 Å². The lowest BCUT2D eigenvalue weighted by molar-refractivity contribution is -0.130. The first-order valence-electron chi connectivity index (χ1n) is 7.53. The highest BCUT2D eigenvalue weighted by Gasteiger charge is 2.50. The highest BCUT2D eigenvalue weighted by molar-refractivity contribution is 9.11. The number of imide groups is 1. The molecule has 3 rings (SSSR count). The Hall–Kier alpha value is -2.26. The molecule has 1 aromatic heterocycles.